The summed E-state index contributed by atoms with van der Waals surface area (Å²) < 4.78 is 11.2. The van der Waals surface area contributed by atoms with E-state index in [1.165, 1.54) is 6.92 Å². The molecule has 0 saturated carbocycles. The van der Waals surface area contributed by atoms with Crippen molar-refractivity contribution in [1.82, 2.24) is 4.90 Å². The molecule has 1 heterocycles. The van der Waals surface area contributed by atoms with Gasteiger partial charge in [0, 0.05) is 18.0 Å². The van der Waals surface area contributed by atoms with E-state index in [4.69, 9.17) is 14.4 Å². The van der Waals surface area contributed by atoms with Gasteiger partial charge in [-0.15, -0.1) is 0 Å². The fourth-order valence-electron chi connectivity index (χ4n) is 2.35. The molecule has 0 fully saturated rings. The predicted octanol–water partition coefficient (Wildman–Crippen LogP) is 2.65. The van der Waals surface area contributed by atoms with Crippen molar-refractivity contribution in [3.8, 4) is 5.75 Å². The molecule has 2 rings (SSSR count). The zero-order chi connectivity index (χ0) is 16.8. The highest BCUT2D eigenvalue weighted by Gasteiger charge is 2.09. The minimum atomic E-state index is -0.219. The molecular weight excluding hydrogens is 296 g/mol. The molecule has 2 aromatic rings. The highest BCUT2D eigenvalue weighted by molar-refractivity contribution is 5.96. The smallest absolute Gasteiger partial charge is 0.266 e. The maximum Gasteiger partial charge on any atom is 0.266 e. The number of hydrogen-bond donors (Lipinski definition) is 1. The Morgan fingerprint density at radius 2 is 2.04 bits per heavy atom. The first-order valence-electron chi connectivity index (χ1n) is 7.71. The second-order valence-corrected chi connectivity index (χ2v) is 5.20. The Bertz CT molecular complexity index is 748. The van der Waals surface area contributed by atoms with Gasteiger partial charge in [-0.05, 0) is 43.4 Å². The summed E-state index contributed by atoms with van der Waals surface area (Å²) in [6.07, 6.45) is 0. The number of fused-ring (bicyclic) bond motifs is 1. The molecule has 0 atom stereocenters. The molecule has 0 bridgehead atoms. The molecule has 0 radical (unpaired) electrons. The topological polar surface area (TPSA) is 75.3 Å². The van der Waals surface area contributed by atoms with Crippen molar-refractivity contribution in [2.75, 3.05) is 26.2 Å². The lowest BCUT2D eigenvalue weighted by atomic mass is 10.1. The minimum Gasteiger partial charge on any atom is -0.492 e. The standard InChI is InChI=1S/C17H22N2O4/c1-4-19(5-2)8-9-22-14-7-6-13-10-15(12(3)20)17(18-21)23-16(13)11-14/h6-7,10-11,21H,4-5,8-9H2,1-3H3. The van der Waals surface area contributed by atoms with Crippen LogP contribution in [-0.2, 0) is 0 Å². The number of rotatable bonds is 7. The molecule has 6 nitrogen and oxygen atoms in total. The van der Waals surface area contributed by atoms with Crippen molar-refractivity contribution in [2.45, 2.75) is 20.8 Å². The fraction of sp³-hybridized carbons (Fsp3) is 0.412. The average Bonchev–Trinajstić information content (AvgIpc) is 2.57. The van der Waals surface area contributed by atoms with Crippen LogP contribution in [-0.4, -0.2) is 42.1 Å². The van der Waals surface area contributed by atoms with Gasteiger partial charge < -0.3 is 19.3 Å². The lowest BCUT2D eigenvalue weighted by molar-refractivity contribution is 0.101. The molecule has 1 N–H and O–H groups in total. The van der Waals surface area contributed by atoms with E-state index >= 15 is 0 Å². The van der Waals surface area contributed by atoms with Crippen LogP contribution in [0, 0.1) is 0 Å². The Balaban J connectivity index is 2.22. The minimum absolute atomic E-state index is 0.0923. The summed E-state index contributed by atoms with van der Waals surface area (Å²) in [7, 11) is 0. The van der Waals surface area contributed by atoms with Crippen molar-refractivity contribution in [3.63, 3.8) is 0 Å². The summed E-state index contributed by atoms with van der Waals surface area (Å²) in [6.45, 7) is 9.04. The third kappa shape index (κ3) is 4.10. The van der Waals surface area contributed by atoms with Crippen LogP contribution in [0.25, 0.3) is 11.0 Å². The third-order valence-corrected chi connectivity index (χ3v) is 3.76. The van der Waals surface area contributed by atoms with E-state index in [0.717, 1.165) is 25.0 Å². The molecule has 0 spiro atoms. The van der Waals surface area contributed by atoms with Gasteiger partial charge in [-0.1, -0.05) is 13.8 Å². The molecule has 0 aliphatic carbocycles. The van der Waals surface area contributed by atoms with Crippen molar-refractivity contribution in [2.24, 2.45) is 5.16 Å². The number of Topliss-reactive ketones (excluding diaryl/α,β-unsaturated/α-hetero) is 1. The van der Waals surface area contributed by atoms with Gasteiger partial charge in [-0.25, -0.2) is 0 Å². The molecular formula is C17H22N2O4. The van der Waals surface area contributed by atoms with Crippen LogP contribution < -0.4 is 10.3 Å². The maximum atomic E-state index is 11.5. The van der Waals surface area contributed by atoms with E-state index in [1.807, 2.05) is 12.1 Å². The fourth-order valence-corrected chi connectivity index (χ4v) is 2.35. The summed E-state index contributed by atoms with van der Waals surface area (Å²) in [6, 6.07) is 7.03. The molecule has 0 aliphatic rings. The van der Waals surface area contributed by atoms with Crippen molar-refractivity contribution >= 4 is 16.8 Å². The highest BCUT2D eigenvalue weighted by atomic mass is 16.5. The Labute approximate surface area is 135 Å². The normalized spacial score (nSPS) is 12.1. The molecule has 0 aliphatic heterocycles. The van der Waals surface area contributed by atoms with Crippen LogP contribution in [0.3, 0.4) is 0 Å². The third-order valence-electron chi connectivity index (χ3n) is 3.76. The number of carbonyl (C=O) groups excluding carboxylic acids is 1. The first kappa shape index (κ1) is 17.0. The molecule has 0 amide bonds. The summed E-state index contributed by atoms with van der Waals surface area (Å²) in [4.78, 5) is 13.8. The molecule has 23 heavy (non-hydrogen) atoms. The van der Waals surface area contributed by atoms with E-state index in [1.54, 1.807) is 12.1 Å². The van der Waals surface area contributed by atoms with E-state index in [0.29, 0.717) is 17.9 Å². The summed E-state index contributed by atoms with van der Waals surface area (Å²) in [5, 5.41) is 12.8. The Morgan fingerprint density at radius 3 is 2.65 bits per heavy atom. The summed E-state index contributed by atoms with van der Waals surface area (Å²) >= 11 is 0. The number of likely N-dealkylation sites (N-methyl/N-ethyl adjacent to an activating group) is 1. The van der Waals surface area contributed by atoms with Gasteiger partial charge in [-0.3, -0.25) is 4.79 Å². The number of carbonyl (C=O) groups is 1. The van der Waals surface area contributed by atoms with Gasteiger partial charge in [0.25, 0.3) is 5.55 Å². The van der Waals surface area contributed by atoms with Crippen molar-refractivity contribution in [3.05, 3.63) is 35.4 Å². The van der Waals surface area contributed by atoms with Gasteiger partial charge in [0.2, 0.25) is 0 Å². The molecule has 1 aromatic carbocycles. The average molecular weight is 318 g/mol. The number of nitrogens with zero attached hydrogens (tertiary/aromatic N) is 2. The van der Waals surface area contributed by atoms with Crippen LogP contribution in [0.1, 0.15) is 31.1 Å². The van der Waals surface area contributed by atoms with E-state index in [2.05, 4.69) is 23.9 Å². The summed E-state index contributed by atoms with van der Waals surface area (Å²) in [5.41, 5.74) is 0.656. The predicted molar refractivity (Wildman–Crippen MR) is 86.9 cm³/mol. The van der Waals surface area contributed by atoms with E-state index < -0.39 is 0 Å². The SMILES string of the molecule is CCN(CC)CCOc1ccc2cc(C(C)=O)c(=NO)oc2c1. The number of ether oxygens (including phenoxy) is 1. The van der Waals surface area contributed by atoms with Crippen LogP contribution in [0.2, 0.25) is 0 Å². The van der Waals surface area contributed by atoms with Crippen LogP contribution >= 0.6 is 0 Å². The molecule has 6 heteroatoms. The van der Waals surface area contributed by atoms with Gasteiger partial charge in [0.05, 0.1) is 5.56 Å². The monoisotopic (exact) mass is 318 g/mol. The largest absolute Gasteiger partial charge is 0.492 e. The lowest BCUT2D eigenvalue weighted by Gasteiger charge is -2.18. The highest BCUT2D eigenvalue weighted by Crippen LogP contribution is 2.20. The Kier molecular flexibility index (Phi) is 5.76. The first-order valence-corrected chi connectivity index (χ1v) is 7.71. The van der Waals surface area contributed by atoms with E-state index in [-0.39, 0.29) is 16.9 Å². The molecule has 0 unspecified atom stereocenters. The van der Waals surface area contributed by atoms with E-state index in [9.17, 15) is 4.79 Å². The number of hydrogen-bond acceptors (Lipinski definition) is 6. The molecule has 124 valence electrons. The number of ketones is 1. The number of benzene rings is 1. The first-order chi connectivity index (χ1) is 11.1. The quantitative estimate of drug-likeness (QED) is 0.482. The van der Waals surface area contributed by atoms with Gasteiger partial charge >= 0.3 is 0 Å². The summed E-state index contributed by atoms with van der Waals surface area (Å²) in [5.74, 6) is 0.455. The zero-order valence-electron chi connectivity index (χ0n) is 13.7. The van der Waals surface area contributed by atoms with Gasteiger partial charge in [0.1, 0.15) is 17.9 Å². The van der Waals surface area contributed by atoms with Crippen molar-refractivity contribution < 1.29 is 19.2 Å². The zero-order valence-corrected chi connectivity index (χ0v) is 13.7. The molecule has 1 aromatic heterocycles. The van der Waals surface area contributed by atoms with Gasteiger partial charge in [0.15, 0.2) is 5.78 Å². The Hall–Kier alpha value is -2.34. The van der Waals surface area contributed by atoms with Crippen molar-refractivity contribution in [1.29, 1.82) is 0 Å². The Morgan fingerprint density at radius 1 is 1.30 bits per heavy atom. The molecule has 0 saturated heterocycles. The van der Waals surface area contributed by atoms with Gasteiger partial charge in [-0.2, -0.15) is 0 Å². The van der Waals surface area contributed by atoms with Crippen LogP contribution in [0.4, 0.5) is 0 Å². The van der Waals surface area contributed by atoms with Crippen LogP contribution in [0.5, 0.6) is 5.75 Å². The second kappa shape index (κ2) is 7.78. The maximum absolute atomic E-state index is 11.5. The van der Waals surface area contributed by atoms with Crippen LogP contribution in [0.15, 0.2) is 33.8 Å². The second-order valence-electron chi connectivity index (χ2n) is 5.20. The lowest BCUT2D eigenvalue weighted by Crippen LogP contribution is -2.27.